The molecule has 0 bridgehead atoms. The molecule has 0 radical (unpaired) electrons. The number of benzene rings is 2. The number of likely N-dealkylation sites (tertiary alicyclic amines) is 1. The predicted molar refractivity (Wildman–Crippen MR) is 140 cm³/mol. The molecule has 3 heterocycles. The average molecular weight is 507 g/mol. The highest BCUT2D eigenvalue weighted by molar-refractivity contribution is 6.31. The molecule has 1 amide bonds. The van der Waals surface area contributed by atoms with E-state index in [4.69, 9.17) is 16.6 Å². The summed E-state index contributed by atoms with van der Waals surface area (Å²) in [5.41, 5.74) is 4.70. The van der Waals surface area contributed by atoms with Gasteiger partial charge in [-0.1, -0.05) is 23.7 Å². The first-order chi connectivity index (χ1) is 17.6. The van der Waals surface area contributed by atoms with E-state index < -0.39 is 0 Å². The minimum absolute atomic E-state index is 0.231. The molecule has 1 aliphatic heterocycles. The van der Waals surface area contributed by atoms with Gasteiger partial charge in [0.05, 0.1) is 22.9 Å². The van der Waals surface area contributed by atoms with Crippen molar-refractivity contribution < 1.29 is 9.18 Å². The third-order valence-corrected chi connectivity index (χ3v) is 7.31. The third kappa shape index (κ3) is 4.63. The van der Waals surface area contributed by atoms with Gasteiger partial charge in [-0.25, -0.2) is 14.4 Å². The summed E-state index contributed by atoms with van der Waals surface area (Å²) in [6.45, 7) is 2.95. The van der Waals surface area contributed by atoms with Crippen LogP contribution >= 0.6 is 11.6 Å². The SMILES string of the molecule is O=C1CCCN1CCCNc1nc2ccc(F)cc2n2c(-c3ccc(CNC4CC4)c(Cl)c3)cnc12. The van der Waals surface area contributed by atoms with Crippen molar-refractivity contribution in [3.05, 3.63) is 59.0 Å². The fourth-order valence-electron chi connectivity index (χ4n) is 4.83. The number of carbonyl (C=O) groups is 1. The van der Waals surface area contributed by atoms with Crippen molar-refractivity contribution in [1.82, 2.24) is 24.6 Å². The zero-order valence-corrected chi connectivity index (χ0v) is 20.7. The summed E-state index contributed by atoms with van der Waals surface area (Å²) < 4.78 is 16.2. The highest BCUT2D eigenvalue weighted by Gasteiger charge is 2.21. The first-order valence-electron chi connectivity index (χ1n) is 12.6. The number of anilines is 1. The maximum Gasteiger partial charge on any atom is 0.222 e. The molecule has 1 saturated heterocycles. The van der Waals surface area contributed by atoms with Crippen molar-refractivity contribution in [2.45, 2.75) is 44.7 Å². The molecule has 36 heavy (non-hydrogen) atoms. The molecular formula is C27H28ClFN6O. The van der Waals surface area contributed by atoms with E-state index in [1.165, 1.54) is 25.0 Å². The summed E-state index contributed by atoms with van der Waals surface area (Å²) >= 11 is 6.64. The number of imidazole rings is 1. The Kier molecular flexibility index (Phi) is 6.23. The molecule has 9 heteroatoms. The van der Waals surface area contributed by atoms with Crippen molar-refractivity contribution in [2.75, 3.05) is 25.0 Å². The highest BCUT2D eigenvalue weighted by Crippen LogP contribution is 2.31. The predicted octanol–water partition coefficient (Wildman–Crippen LogP) is 5.02. The number of hydrogen-bond donors (Lipinski definition) is 2. The molecule has 1 saturated carbocycles. The zero-order valence-electron chi connectivity index (χ0n) is 19.9. The number of nitrogens with one attached hydrogen (secondary N) is 2. The number of rotatable bonds is 9. The molecule has 1 aliphatic carbocycles. The molecule has 2 N–H and O–H groups in total. The van der Waals surface area contributed by atoms with Gasteiger partial charge in [0, 0.05) is 55.3 Å². The number of hydrogen-bond acceptors (Lipinski definition) is 5. The number of nitrogens with zero attached hydrogens (tertiary/aromatic N) is 4. The van der Waals surface area contributed by atoms with Crippen molar-refractivity contribution in [3.63, 3.8) is 0 Å². The summed E-state index contributed by atoms with van der Waals surface area (Å²) in [5.74, 6) is 0.527. The second-order valence-electron chi connectivity index (χ2n) is 9.62. The standard InChI is InChI=1S/C27H28ClFN6O/c28-21-13-17(4-5-18(21)15-31-20-7-8-20)24-16-32-27-26(30-10-2-12-34-11-1-3-25(34)36)33-22-9-6-19(29)14-23(22)35(24)27/h4-6,9,13-14,16,20,31H,1-3,7-8,10-12,15H2,(H,30,33). The summed E-state index contributed by atoms with van der Waals surface area (Å²) in [4.78, 5) is 23.2. The largest absolute Gasteiger partial charge is 0.367 e. The van der Waals surface area contributed by atoms with E-state index in [2.05, 4.69) is 15.6 Å². The molecule has 186 valence electrons. The molecule has 4 aromatic rings. The molecule has 2 aliphatic rings. The molecule has 0 spiro atoms. The second-order valence-corrected chi connectivity index (χ2v) is 10.0. The van der Waals surface area contributed by atoms with E-state index in [0.717, 1.165) is 49.3 Å². The summed E-state index contributed by atoms with van der Waals surface area (Å²) in [7, 11) is 0. The average Bonchev–Trinajstić information content (AvgIpc) is 3.44. The van der Waals surface area contributed by atoms with Crippen LogP contribution in [0.2, 0.25) is 5.02 Å². The summed E-state index contributed by atoms with van der Waals surface area (Å²) in [6.07, 6.45) is 6.62. The van der Waals surface area contributed by atoms with Crippen LogP contribution in [0.1, 0.15) is 37.7 Å². The lowest BCUT2D eigenvalue weighted by molar-refractivity contribution is -0.127. The molecule has 6 rings (SSSR count). The van der Waals surface area contributed by atoms with Gasteiger partial charge in [0.15, 0.2) is 11.5 Å². The van der Waals surface area contributed by atoms with Crippen LogP contribution in [-0.4, -0.2) is 50.9 Å². The quantitative estimate of drug-likeness (QED) is 0.312. The van der Waals surface area contributed by atoms with E-state index in [0.29, 0.717) is 46.5 Å². The van der Waals surface area contributed by atoms with E-state index in [1.807, 2.05) is 27.5 Å². The summed E-state index contributed by atoms with van der Waals surface area (Å²) in [6, 6.07) is 11.2. The fraction of sp³-hybridized carbons (Fsp3) is 0.370. The molecule has 2 aromatic carbocycles. The van der Waals surface area contributed by atoms with Gasteiger partial charge in [-0.3, -0.25) is 9.20 Å². The van der Waals surface area contributed by atoms with Gasteiger partial charge < -0.3 is 15.5 Å². The van der Waals surface area contributed by atoms with Gasteiger partial charge in [0.2, 0.25) is 5.91 Å². The van der Waals surface area contributed by atoms with Crippen LogP contribution in [0.4, 0.5) is 10.2 Å². The van der Waals surface area contributed by atoms with Crippen LogP contribution in [0.25, 0.3) is 27.9 Å². The molecule has 7 nitrogen and oxygen atoms in total. The van der Waals surface area contributed by atoms with Gasteiger partial charge in [0.1, 0.15) is 5.82 Å². The monoisotopic (exact) mass is 506 g/mol. The zero-order chi connectivity index (χ0) is 24.6. The van der Waals surface area contributed by atoms with Crippen LogP contribution in [0.5, 0.6) is 0 Å². The second kappa shape index (κ2) is 9.67. The number of amides is 1. The third-order valence-electron chi connectivity index (χ3n) is 6.96. The number of fused-ring (bicyclic) bond motifs is 3. The van der Waals surface area contributed by atoms with Crippen LogP contribution in [0.15, 0.2) is 42.6 Å². The van der Waals surface area contributed by atoms with Crippen LogP contribution < -0.4 is 10.6 Å². The topological polar surface area (TPSA) is 74.6 Å². The van der Waals surface area contributed by atoms with Crippen molar-refractivity contribution in [2.24, 2.45) is 0 Å². The lowest BCUT2D eigenvalue weighted by Crippen LogP contribution is -2.27. The van der Waals surface area contributed by atoms with E-state index in [1.54, 1.807) is 12.3 Å². The minimum atomic E-state index is -0.333. The first kappa shape index (κ1) is 23.2. The van der Waals surface area contributed by atoms with Gasteiger partial charge >= 0.3 is 0 Å². The Balaban J connectivity index is 1.31. The number of aromatic nitrogens is 3. The molecule has 2 fully saturated rings. The van der Waals surface area contributed by atoms with Gasteiger partial charge in [0.25, 0.3) is 0 Å². The molecule has 2 aromatic heterocycles. The normalized spacial score (nSPS) is 15.9. The van der Waals surface area contributed by atoms with Gasteiger partial charge in [-0.15, -0.1) is 0 Å². The van der Waals surface area contributed by atoms with Crippen molar-refractivity contribution in [3.8, 4) is 11.3 Å². The Morgan fingerprint density at radius 3 is 2.83 bits per heavy atom. The maximum absolute atomic E-state index is 14.3. The fourth-order valence-corrected chi connectivity index (χ4v) is 5.08. The van der Waals surface area contributed by atoms with Gasteiger partial charge in [-0.05, 0) is 49.4 Å². The van der Waals surface area contributed by atoms with Crippen LogP contribution in [0, 0.1) is 5.82 Å². The van der Waals surface area contributed by atoms with Crippen molar-refractivity contribution >= 4 is 40.0 Å². The van der Waals surface area contributed by atoms with Crippen LogP contribution in [-0.2, 0) is 11.3 Å². The highest BCUT2D eigenvalue weighted by atomic mass is 35.5. The number of halogens is 2. The Labute approximate surface area is 213 Å². The van der Waals surface area contributed by atoms with Crippen LogP contribution in [0.3, 0.4) is 0 Å². The van der Waals surface area contributed by atoms with E-state index in [9.17, 15) is 9.18 Å². The summed E-state index contributed by atoms with van der Waals surface area (Å²) in [5, 5.41) is 7.58. The smallest absolute Gasteiger partial charge is 0.222 e. The Hall–Kier alpha value is -3.23. The van der Waals surface area contributed by atoms with Crippen molar-refractivity contribution in [1.29, 1.82) is 0 Å². The lowest BCUT2D eigenvalue weighted by Gasteiger charge is -2.16. The Morgan fingerprint density at radius 1 is 1.17 bits per heavy atom. The first-order valence-corrected chi connectivity index (χ1v) is 13.0. The Morgan fingerprint density at radius 2 is 2.06 bits per heavy atom. The van der Waals surface area contributed by atoms with E-state index in [-0.39, 0.29) is 11.7 Å². The minimum Gasteiger partial charge on any atom is -0.367 e. The molecule has 0 atom stereocenters. The number of carbonyl (C=O) groups excluding carboxylic acids is 1. The molecular weight excluding hydrogens is 479 g/mol. The van der Waals surface area contributed by atoms with Gasteiger partial charge in [-0.2, -0.15) is 0 Å². The maximum atomic E-state index is 14.3. The lowest BCUT2D eigenvalue weighted by atomic mass is 10.1. The van der Waals surface area contributed by atoms with E-state index >= 15 is 0 Å². The molecule has 0 unspecified atom stereocenters. The Bertz CT molecular complexity index is 1450.